The molecule has 0 N–H and O–H groups in total. The normalized spacial score (nSPS) is 11.7. The molecule has 0 aliphatic carbocycles. The summed E-state index contributed by atoms with van der Waals surface area (Å²) in [5.41, 5.74) is 11.0. The molecule has 0 unspecified atom stereocenters. The minimum atomic E-state index is 1.15. The number of hydrogen-bond acceptors (Lipinski definition) is 2. The van der Waals surface area contributed by atoms with Crippen LogP contribution in [0.5, 0.6) is 0 Å². The number of aryl methyl sites for hydroxylation is 2. The van der Waals surface area contributed by atoms with Gasteiger partial charge in [0.2, 0.25) is 0 Å². The summed E-state index contributed by atoms with van der Waals surface area (Å²) in [6.45, 7) is 4.33. The lowest BCUT2D eigenvalue weighted by molar-refractivity contribution is 1.27. The second-order valence-corrected chi connectivity index (χ2v) is 14.9. The molecule has 9 aromatic carbocycles. The summed E-state index contributed by atoms with van der Waals surface area (Å²) in [6.07, 6.45) is 0. The van der Waals surface area contributed by atoms with E-state index in [9.17, 15) is 0 Å². The highest BCUT2D eigenvalue weighted by atomic mass is 32.1. The highest BCUT2D eigenvalue weighted by Gasteiger charge is 2.21. The molecule has 0 aliphatic heterocycles. The number of hydrogen-bond donors (Lipinski definition) is 0. The van der Waals surface area contributed by atoms with Crippen LogP contribution in [0.25, 0.3) is 74.7 Å². The molecule has 0 radical (unpaired) electrons. The van der Waals surface area contributed by atoms with Crippen LogP contribution in [0, 0.1) is 13.8 Å². The molecular formula is C50H35NS. The zero-order valence-corrected chi connectivity index (χ0v) is 29.9. The molecule has 2 heteroatoms. The Balaban J connectivity index is 1.25. The van der Waals surface area contributed by atoms with Gasteiger partial charge in [0.15, 0.2) is 0 Å². The van der Waals surface area contributed by atoms with E-state index in [1.807, 2.05) is 11.3 Å². The summed E-state index contributed by atoms with van der Waals surface area (Å²) in [4.78, 5) is 2.41. The van der Waals surface area contributed by atoms with E-state index in [0.29, 0.717) is 0 Å². The van der Waals surface area contributed by atoms with Gasteiger partial charge in [0.1, 0.15) is 0 Å². The molecule has 0 spiro atoms. The summed E-state index contributed by atoms with van der Waals surface area (Å²) in [5.74, 6) is 0. The molecule has 52 heavy (non-hydrogen) atoms. The van der Waals surface area contributed by atoms with Crippen LogP contribution in [-0.4, -0.2) is 0 Å². The number of rotatable bonds is 5. The van der Waals surface area contributed by atoms with Crippen molar-refractivity contribution >= 4 is 80.9 Å². The quantitative estimate of drug-likeness (QED) is 0.163. The van der Waals surface area contributed by atoms with E-state index in [1.165, 1.54) is 85.9 Å². The highest BCUT2D eigenvalue weighted by Crippen LogP contribution is 2.48. The topological polar surface area (TPSA) is 3.24 Å². The molecule has 1 aromatic heterocycles. The van der Waals surface area contributed by atoms with Crippen molar-refractivity contribution in [3.8, 4) is 22.3 Å². The Hall–Kier alpha value is -6.22. The molecule has 1 heterocycles. The Morgan fingerprint density at radius 3 is 1.50 bits per heavy atom. The van der Waals surface area contributed by atoms with Crippen LogP contribution in [0.2, 0.25) is 0 Å². The maximum atomic E-state index is 2.41. The van der Waals surface area contributed by atoms with Crippen molar-refractivity contribution in [1.82, 2.24) is 0 Å². The van der Waals surface area contributed by atoms with Gasteiger partial charge in [-0.15, -0.1) is 11.3 Å². The predicted octanol–water partition coefficient (Wildman–Crippen LogP) is 14.9. The summed E-state index contributed by atoms with van der Waals surface area (Å²) in [7, 11) is 0. The third-order valence-electron chi connectivity index (χ3n) is 10.5. The molecule has 246 valence electrons. The van der Waals surface area contributed by atoms with Gasteiger partial charge in [-0.2, -0.15) is 0 Å². The summed E-state index contributed by atoms with van der Waals surface area (Å²) < 4.78 is 2.66. The van der Waals surface area contributed by atoms with Crippen LogP contribution < -0.4 is 4.90 Å². The van der Waals surface area contributed by atoms with E-state index in [4.69, 9.17) is 0 Å². The fraction of sp³-hybridized carbons (Fsp3) is 0.0400. The molecule has 0 saturated carbocycles. The molecular weight excluding hydrogens is 647 g/mol. The van der Waals surface area contributed by atoms with Gasteiger partial charge in [0.25, 0.3) is 0 Å². The first-order valence-electron chi connectivity index (χ1n) is 17.9. The van der Waals surface area contributed by atoms with E-state index in [2.05, 4.69) is 195 Å². The van der Waals surface area contributed by atoms with E-state index in [1.54, 1.807) is 0 Å². The van der Waals surface area contributed by atoms with Crippen molar-refractivity contribution < 1.29 is 0 Å². The van der Waals surface area contributed by atoms with Crippen LogP contribution in [0.15, 0.2) is 176 Å². The molecule has 0 bridgehead atoms. The second-order valence-electron chi connectivity index (χ2n) is 13.8. The van der Waals surface area contributed by atoms with Gasteiger partial charge >= 0.3 is 0 Å². The van der Waals surface area contributed by atoms with Gasteiger partial charge in [0, 0.05) is 36.9 Å². The average molecular weight is 682 g/mol. The van der Waals surface area contributed by atoms with Gasteiger partial charge in [-0.1, -0.05) is 127 Å². The lowest BCUT2D eigenvalue weighted by atomic mass is 9.84. The zero-order chi connectivity index (χ0) is 34.8. The van der Waals surface area contributed by atoms with Crippen LogP contribution in [-0.2, 0) is 0 Å². The second kappa shape index (κ2) is 12.2. The van der Waals surface area contributed by atoms with Crippen molar-refractivity contribution in [1.29, 1.82) is 0 Å². The Bertz CT molecular complexity index is 2900. The van der Waals surface area contributed by atoms with Crippen molar-refractivity contribution in [2.75, 3.05) is 4.90 Å². The van der Waals surface area contributed by atoms with Crippen molar-refractivity contribution in [2.24, 2.45) is 0 Å². The maximum absolute atomic E-state index is 2.41. The lowest BCUT2D eigenvalue weighted by Crippen LogP contribution is -2.11. The van der Waals surface area contributed by atoms with E-state index in [-0.39, 0.29) is 0 Å². The Morgan fingerprint density at radius 1 is 0.365 bits per heavy atom. The van der Waals surface area contributed by atoms with Gasteiger partial charge in [0.05, 0.1) is 5.69 Å². The van der Waals surface area contributed by atoms with E-state index < -0.39 is 0 Å². The molecule has 10 rings (SSSR count). The third-order valence-corrected chi connectivity index (χ3v) is 11.7. The predicted molar refractivity (Wildman–Crippen MR) is 227 cm³/mol. The van der Waals surface area contributed by atoms with Crippen molar-refractivity contribution in [2.45, 2.75) is 13.8 Å². The van der Waals surface area contributed by atoms with Crippen LogP contribution in [0.3, 0.4) is 0 Å². The Labute approximate surface area is 307 Å². The largest absolute Gasteiger partial charge is 0.310 e. The zero-order valence-electron chi connectivity index (χ0n) is 29.1. The molecule has 0 saturated heterocycles. The number of benzene rings is 9. The number of nitrogens with zero attached hydrogens (tertiary/aromatic N) is 1. The summed E-state index contributed by atoms with van der Waals surface area (Å²) in [5, 5.41) is 10.2. The minimum absolute atomic E-state index is 1.15. The first kappa shape index (κ1) is 30.6. The average Bonchev–Trinajstić information content (AvgIpc) is 3.55. The number of fused-ring (bicyclic) bond motifs is 6. The number of anilines is 3. The molecule has 0 amide bonds. The standard InChI is InChI=1S/C50H35NS/c1-32-13-11-15-35(29-32)51(36-16-12-14-33(2)30-36)46-27-26-44(37-17-3-4-18-38(37)46)50-42-22-7-5-20-40(42)49(41-21-6-8-23-43(41)50)34-25-28-48-45(31-34)39-19-9-10-24-47(39)52-48/h3-31H,1-2H3. The molecule has 0 aliphatic rings. The van der Waals surface area contributed by atoms with Gasteiger partial charge < -0.3 is 4.90 Å². The van der Waals surface area contributed by atoms with Crippen LogP contribution in [0.4, 0.5) is 17.1 Å². The molecule has 0 fully saturated rings. The Morgan fingerprint density at radius 2 is 0.885 bits per heavy atom. The van der Waals surface area contributed by atoms with Gasteiger partial charge in [-0.05, 0) is 123 Å². The van der Waals surface area contributed by atoms with Crippen molar-refractivity contribution in [3.05, 3.63) is 187 Å². The molecule has 0 atom stereocenters. The molecule has 1 nitrogen and oxygen atoms in total. The summed E-state index contributed by atoms with van der Waals surface area (Å²) in [6, 6.07) is 65.1. The summed E-state index contributed by atoms with van der Waals surface area (Å²) >= 11 is 1.87. The van der Waals surface area contributed by atoms with Gasteiger partial charge in [-0.3, -0.25) is 0 Å². The first-order chi connectivity index (χ1) is 25.6. The molecule has 10 aromatic rings. The Kier molecular flexibility index (Phi) is 7.19. The third kappa shape index (κ3) is 4.91. The SMILES string of the molecule is Cc1cccc(N(c2cccc(C)c2)c2ccc(-c3c4ccccc4c(-c4ccc5sc6ccccc6c5c4)c4ccccc34)c3ccccc23)c1. The fourth-order valence-corrected chi connectivity index (χ4v) is 9.36. The van der Waals surface area contributed by atoms with Gasteiger partial charge in [-0.25, -0.2) is 0 Å². The smallest absolute Gasteiger partial charge is 0.0540 e. The van der Waals surface area contributed by atoms with Crippen LogP contribution >= 0.6 is 11.3 Å². The lowest BCUT2D eigenvalue weighted by Gasteiger charge is -2.28. The van der Waals surface area contributed by atoms with Crippen molar-refractivity contribution in [3.63, 3.8) is 0 Å². The fourth-order valence-electron chi connectivity index (χ4n) is 8.27. The monoisotopic (exact) mass is 681 g/mol. The van der Waals surface area contributed by atoms with Crippen LogP contribution in [0.1, 0.15) is 11.1 Å². The van der Waals surface area contributed by atoms with E-state index in [0.717, 1.165) is 17.1 Å². The van der Waals surface area contributed by atoms with E-state index >= 15 is 0 Å². The maximum Gasteiger partial charge on any atom is 0.0540 e. The minimum Gasteiger partial charge on any atom is -0.310 e. The number of thiophene rings is 1. The first-order valence-corrected chi connectivity index (χ1v) is 18.7. The highest BCUT2D eigenvalue weighted by molar-refractivity contribution is 7.25.